The summed E-state index contributed by atoms with van der Waals surface area (Å²) in [5.41, 5.74) is 9.56. The van der Waals surface area contributed by atoms with E-state index in [1.54, 1.807) is 0 Å². The summed E-state index contributed by atoms with van der Waals surface area (Å²) in [7, 11) is -2.91. The van der Waals surface area contributed by atoms with Gasteiger partial charge in [0.2, 0.25) is 0 Å². The van der Waals surface area contributed by atoms with E-state index in [1.165, 1.54) is 75.5 Å². The van der Waals surface area contributed by atoms with Crippen LogP contribution in [0.2, 0.25) is 0 Å². The lowest BCUT2D eigenvalue weighted by Crippen LogP contribution is -2.74. The number of rotatable bonds is 7. The van der Waals surface area contributed by atoms with Crippen molar-refractivity contribution in [2.24, 2.45) is 0 Å². The van der Waals surface area contributed by atoms with E-state index >= 15 is 0 Å². The number of hydrogen-bond donors (Lipinski definition) is 0. The molecule has 0 unspecified atom stereocenters. The van der Waals surface area contributed by atoms with E-state index in [1.807, 2.05) is 0 Å². The Balaban J connectivity index is 1.29. The third kappa shape index (κ3) is 5.10. The Kier molecular flexibility index (Phi) is 7.87. The molecule has 11 rings (SSSR count). The normalized spacial score (nSPS) is 11.9. The molecule has 0 N–H and O–H groups in total. The molecule has 2 nitrogen and oxygen atoms in total. The number of fused-ring (bicyclic) bond motifs is 6. The Morgan fingerprint density at radius 2 is 0.772 bits per heavy atom. The summed E-state index contributed by atoms with van der Waals surface area (Å²) in [6, 6.07) is 85.2. The molecule has 0 aliphatic rings. The van der Waals surface area contributed by atoms with Crippen molar-refractivity contribution in [2.45, 2.75) is 0 Å². The summed E-state index contributed by atoms with van der Waals surface area (Å²) >= 11 is 0. The Bertz CT molecular complexity index is 3110. The lowest BCUT2D eigenvalue weighted by atomic mass is 9.99. The maximum atomic E-state index is 2.47. The second-order valence-electron chi connectivity index (χ2n) is 14.8. The van der Waals surface area contributed by atoms with Gasteiger partial charge in [0.25, 0.3) is 0 Å². The van der Waals surface area contributed by atoms with Crippen LogP contribution in [0.4, 0.5) is 0 Å². The van der Waals surface area contributed by atoms with Gasteiger partial charge in [-0.25, -0.2) is 0 Å². The summed E-state index contributed by atoms with van der Waals surface area (Å²) in [4.78, 5) is 0. The molecule has 0 saturated heterocycles. The van der Waals surface area contributed by atoms with Gasteiger partial charge in [-0.05, 0) is 80.4 Å². The molecule has 0 spiro atoms. The zero-order valence-corrected chi connectivity index (χ0v) is 32.3. The number of nitrogens with zero attached hydrogens (tertiary/aromatic N) is 2. The van der Waals surface area contributed by atoms with Gasteiger partial charge in [0.15, 0.2) is 8.07 Å². The second-order valence-corrected chi connectivity index (χ2v) is 18.6. The van der Waals surface area contributed by atoms with Crippen molar-refractivity contribution in [1.82, 2.24) is 9.13 Å². The molecule has 0 radical (unpaired) electrons. The predicted octanol–water partition coefficient (Wildman–Crippen LogP) is 10.9. The Labute approximate surface area is 333 Å². The smallest absolute Gasteiger partial charge is 0.180 e. The molecule has 0 saturated carbocycles. The van der Waals surface area contributed by atoms with Crippen LogP contribution in [0.25, 0.3) is 66.1 Å². The quantitative estimate of drug-likeness (QED) is 0.114. The minimum atomic E-state index is -2.91. The summed E-state index contributed by atoms with van der Waals surface area (Å²) in [6.45, 7) is 0. The molecule has 11 aromatic rings. The lowest BCUT2D eigenvalue weighted by molar-refractivity contribution is 1.17. The first-order chi connectivity index (χ1) is 28.3. The fourth-order valence-corrected chi connectivity index (χ4v) is 14.5. The zero-order valence-electron chi connectivity index (χ0n) is 31.3. The van der Waals surface area contributed by atoms with Crippen LogP contribution in [0.15, 0.2) is 231 Å². The van der Waals surface area contributed by atoms with Gasteiger partial charge in [-0.15, -0.1) is 0 Å². The Morgan fingerprint density at radius 1 is 0.298 bits per heavy atom. The van der Waals surface area contributed by atoms with Crippen LogP contribution in [-0.4, -0.2) is 17.2 Å². The molecule has 2 aromatic heterocycles. The van der Waals surface area contributed by atoms with Crippen molar-refractivity contribution in [3.05, 3.63) is 231 Å². The number of para-hydroxylation sites is 2. The molecule has 9 aromatic carbocycles. The van der Waals surface area contributed by atoms with E-state index in [2.05, 4.69) is 240 Å². The summed E-state index contributed by atoms with van der Waals surface area (Å²) in [5.74, 6) is 0. The van der Waals surface area contributed by atoms with Crippen LogP contribution >= 0.6 is 0 Å². The van der Waals surface area contributed by atoms with Crippen LogP contribution in [-0.2, 0) is 0 Å². The van der Waals surface area contributed by atoms with Crippen LogP contribution < -0.4 is 20.7 Å². The molecule has 2 heterocycles. The fraction of sp³-hybridized carbons (Fsp3) is 0. The van der Waals surface area contributed by atoms with Crippen molar-refractivity contribution in [3.8, 4) is 22.5 Å². The monoisotopic (exact) mass is 742 g/mol. The van der Waals surface area contributed by atoms with Crippen LogP contribution in [0.1, 0.15) is 0 Å². The highest BCUT2D eigenvalue weighted by Gasteiger charge is 2.43. The number of benzene rings is 9. The molecule has 0 fully saturated rings. The molecule has 268 valence electrons. The van der Waals surface area contributed by atoms with E-state index in [4.69, 9.17) is 0 Å². The molecular formula is C54H38N2Si. The Morgan fingerprint density at radius 3 is 1.40 bits per heavy atom. The maximum Gasteiger partial charge on any atom is 0.180 e. The van der Waals surface area contributed by atoms with E-state index in [-0.39, 0.29) is 0 Å². The molecule has 0 amide bonds. The number of hydrogen-bond acceptors (Lipinski definition) is 0. The third-order valence-corrected chi connectivity index (χ3v) is 16.7. The zero-order chi connectivity index (χ0) is 37.8. The summed E-state index contributed by atoms with van der Waals surface area (Å²) in [5, 5.41) is 10.5. The van der Waals surface area contributed by atoms with Gasteiger partial charge < -0.3 is 9.13 Å². The van der Waals surface area contributed by atoms with Crippen LogP contribution in [0, 0.1) is 0 Å². The average molecular weight is 743 g/mol. The van der Waals surface area contributed by atoms with E-state index in [9.17, 15) is 0 Å². The van der Waals surface area contributed by atoms with Crippen molar-refractivity contribution in [2.75, 3.05) is 0 Å². The molecule has 0 bridgehead atoms. The molecule has 3 heteroatoms. The predicted molar refractivity (Wildman–Crippen MR) is 244 cm³/mol. The van der Waals surface area contributed by atoms with Gasteiger partial charge in [0.05, 0.1) is 22.1 Å². The number of aromatic nitrogens is 2. The molecule has 0 atom stereocenters. The SMILES string of the molecule is c1ccc(-c2cccc3c2c2ccccc2n3-c2ccc3c(c2)c2c([Si](c4ccccc4)(c4ccccc4)c4ccccc4)cccc2n3-c2ccccc2)cc1. The van der Waals surface area contributed by atoms with Crippen LogP contribution in [0.5, 0.6) is 0 Å². The van der Waals surface area contributed by atoms with E-state index < -0.39 is 8.07 Å². The molecule has 0 aliphatic heterocycles. The topological polar surface area (TPSA) is 9.86 Å². The van der Waals surface area contributed by atoms with E-state index in [0.29, 0.717) is 0 Å². The first kappa shape index (κ1) is 33.2. The molecule has 57 heavy (non-hydrogen) atoms. The van der Waals surface area contributed by atoms with Gasteiger partial charge in [0, 0.05) is 32.9 Å². The largest absolute Gasteiger partial charge is 0.309 e. The highest BCUT2D eigenvalue weighted by atomic mass is 28.3. The standard InChI is InChI=1S/C54H38N2Si/c1-6-20-39(21-7-1)45-31-18-33-50-53(45)46-30-16-17-32-48(46)56(50)41-36-37-49-47(38-41)54-51(55(49)40-22-8-2-9-23-40)34-19-35-52(54)57(42-24-10-3-11-25-42,43-26-12-4-13-27-43)44-28-14-5-15-29-44/h1-38H. The van der Waals surface area contributed by atoms with Crippen molar-refractivity contribution >= 4 is 72.4 Å². The first-order valence-electron chi connectivity index (χ1n) is 19.7. The lowest BCUT2D eigenvalue weighted by Gasteiger charge is -2.35. The fourth-order valence-electron chi connectivity index (χ4n) is 9.55. The highest BCUT2D eigenvalue weighted by molar-refractivity contribution is 7.20. The minimum absolute atomic E-state index is 1.15. The van der Waals surface area contributed by atoms with Crippen molar-refractivity contribution < 1.29 is 0 Å². The summed E-state index contributed by atoms with van der Waals surface area (Å²) in [6.07, 6.45) is 0. The third-order valence-electron chi connectivity index (χ3n) is 11.9. The van der Waals surface area contributed by atoms with Gasteiger partial charge in [-0.3, -0.25) is 0 Å². The average Bonchev–Trinajstić information content (AvgIpc) is 3.81. The van der Waals surface area contributed by atoms with Crippen LogP contribution in [0.3, 0.4) is 0 Å². The highest BCUT2D eigenvalue weighted by Crippen LogP contribution is 2.40. The van der Waals surface area contributed by atoms with Gasteiger partial charge in [-0.2, -0.15) is 0 Å². The Hall–Kier alpha value is -7.20. The summed E-state index contributed by atoms with van der Waals surface area (Å²) < 4.78 is 4.94. The minimum Gasteiger partial charge on any atom is -0.309 e. The van der Waals surface area contributed by atoms with Crippen molar-refractivity contribution in [3.63, 3.8) is 0 Å². The molecular weight excluding hydrogens is 705 g/mol. The van der Waals surface area contributed by atoms with Gasteiger partial charge >= 0.3 is 0 Å². The molecule has 0 aliphatic carbocycles. The first-order valence-corrected chi connectivity index (χ1v) is 21.7. The van der Waals surface area contributed by atoms with Gasteiger partial charge in [-0.1, -0.05) is 182 Å². The second kappa shape index (κ2) is 13.5. The van der Waals surface area contributed by atoms with Crippen molar-refractivity contribution in [1.29, 1.82) is 0 Å². The maximum absolute atomic E-state index is 2.91. The van der Waals surface area contributed by atoms with Gasteiger partial charge in [0.1, 0.15) is 0 Å². The van der Waals surface area contributed by atoms with E-state index in [0.717, 1.165) is 11.4 Å².